The Hall–Kier alpha value is -1.81. The van der Waals surface area contributed by atoms with Crippen molar-refractivity contribution in [3.63, 3.8) is 0 Å². The highest BCUT2D eigenvalue weighted by atomic mass is 32.1. The monoisotopic (exact) mass is 286 g/mol. The predicted octanol–water partition coefficient (Wildman–Crippen LogP) is 2.69. The van der Waals surface area contributed by atoms with Crippen LogP contribution in [0, 0.1) is 5.92 Å². The van der Waals surface area contributed by atoms with Gasteiger partial charge in [0.1, 0.15) is 0 Å². The van der Waals surface area contributed by atoms with Crippen molar-refractivity contribution in [3.05, 3.63) is 52.2 Å². The predicted molar refractivity (Wildman–Crippen MR) is 83.2 cm³/mol. The van der Waals surface area contributed by atoms with Crippen molar-refractivity contribution in [2.75, 3.05) is 18.4 Å². The molecule has 2 aromatic rings. The van der Waals surface area contributed by atoms with Gasteiger partial charge >= 0.3 is 0 Å². The van der Waals surface area contributed by atoms with E-state index in [1.165, 1.54) is 10.4 Å². The standard InChI is InChI=1S/C16H18N2OS/c19-16(17-8-7-14-5-3-9-20-14)13-10-12-4-1-2-6-15(12)18-11-13/h1-6,9,13,18H,7-8,10-11H2,(H,17,19). The summed E-state index contributed by atoms with van der Waals surface area (Å²) in [5, 5.41) is 8.46. The maximum atomic E-state index is 12.2. The first-order valence-electron chi connectivity index (χ1n) is 6.95. The Kier molecular flexibility index (Phi) is 4.02. The summed E-state index contributed by atoms with van der Waals surface area (Å²) in [6, 6.07) is 12.4. The number of rotatable bonds is 4. The Morgan fingerprint density at radius 3 is 3.05 bits per heavy atom. The zero-order valence-corrected chi connectivity index (χ0v) is 12.1. The second kappa shape index (κ2) is 6.09. The summed E-state index contributed by atoms with van der Waals surface area (Å²) in [5.74, 6) is 0.191. The summed E-state index contributed by atoms with van der Waals surface area (Å²) in [6.07, 6.45) is 1.74. The van der Waals surface area contributed by atoms with E-state index in [1.807, 2.05) is 18.2 Å². The first-order chi connectivity index (χ1) is 9.83. The number of hydrogen-bond donors (Lipinski definition) is 2. The highest BCUT2D eigenvalue weighted by Crippen LogP contribution is 2.24. The largest absolute Gasteiger partial charge is 0.384 e. The van der Waals surface area contributed by atoms with E-state index in [1.54, 1.807) is 11.3 Å². The van der Waals surface area contributed by atoms with E-state index in [0.29, 0.717) is 0 Å². The summed E-state index contributed by atoms with van der Waals surface area (Å²) < 4.78 is 0. The van der Waals surface area contributed by atoms with Crippen LogP contribution in [0.25, 0.3) is 0 Å². The van der Waals surface area contributed by atoms with E-state index in [2.05, 4.69) is 34.2 Å². The topological polar surface area (TPSA) is 41.1 Å². The van der Waals surface area contributed by atoms with Gasteiger partial charge in [-0.15, -0.1) is 11.3 Å². The molecule has 0 spiro atoms. The van der Waals surface area contributed by atoms with Gasteiger partial charge in [0.15, 0.2) is 0 Å². The average molecular weight is 286 g/mol. The number of hydrogen-bond acceptors (Lipinski definition) is 3. The van der Waals surface area contributed by atoms with E-state index in [9.17, 15) is 4.79 Å². The van der Waals surface area contributed by atoms with Gasteiger partial charge in [0.25, 0.3) is 0 Å². The van der Waals surface area contributed by atoms with Crippen molar-refractivity contribution in [1.29, 1.82) is 0 Å². The van der Waals surface area contributed by atoms with Crippen molar-refractivity contribution >= 4 is 22.9 Å². The molecule has 0 radical (unpaired) electrons. The molecular weight excluding hydrogens is 268 g/mol. The third-order valence-electron chi connectivity index (χ3n) is 3.64. The van der Waals surface area contributed by atoms with Gasteiger partial charge in [-0.1, -0.05) is 24.3 Å². The Balaban J connectivity index is 1.51. The van der Waals surface area contributed by atoms with Crippen molar-refractivity contribution in [2.45, 2.75) is 12.8 Å². The van der Waals surface area contributed by atoms with Crippen LogP contribution in [0.15, 0.2) is 41.8 Å². The van der Waals surface area contributed by atoms with Crippen LogP contribution in [0.3, 0.4) is 0 Å². The van der Waals surface area contributed by atoms with Gasteiger partial charge in [0.05, 0.1) is 5.92 Å². The maximum absolute atomic E-state index is 12.2. The van der Waals surface area contributed by atoms with Crippen LogP contribution < -0.4 is 10.6 Å². The Bertz CT molecular complexity index is 580. The molecular formula is C16H18N2OS. The molecule has 1 aromatic carbocycles. The molecule has 1 aliphatic rings. The number of para-hydroxylation sites is 1. The van der Waals surface area contributed by atoms with E-state index in [4.69, 9.17) is 0 Å². The highest BCUT2D eigenvalue weighted by molar-refractivity contribution is 7.09. The van der Waals surface area contributed by atoms with Crippen LogP contribution in [0.2, 0.25) is 0 Å². The summed E-state index contributed by atoms with van der Waals surface area (Å²) in [6.45, 7) is 1.44. The smallest absolute Gasteiger partial charge is 0.225 e. The minimum absolute atomic E-state index is 0.0354. The molecule has 3 nitrogen and oxygen atoms in total. The molecule has 2 heterocycles. The van der Waals surface area contributed by atoms with Gasteiger partial charge < -0.3 is 10.6 Å². The second-order valence-corrected chi connectivity index (χ2v) is 6.09. The molecule has 1 unspecified atom stereocenters. The fourth-order valence-electron chi connectivity index (χ4n) is 2.54. The van der Waals surface area contributed by atoms with Crippen LogP contribution >= 0.6 is 11.3 Å². The lowest BCUT2D eigenvalue weighted by Gasteiger charge is -2.25. The highest BCUT2D eigenvalue weighted by Gasteiger charge is 2.23. The quantitative estimate of drug-likeness (QED) is 0.907. The van der Waals surface area contributed by atoms with E-state index in [0.717, 1.165) is 31.6 Å². The zero-order valence-electron chi connectivity index (χ0n) is 11.3. The number of nitrogens with one attached hydrogen (secondary N) is 2. The van der Waals surface area contributed by atoms with Crippen molar-refractivity contribution < 1.29 is 4.79 Å². The first-order valence-corrected chi connectivity index (χ1v) is 7.83. The summed E-state index contributed by atoms with van der Waals surface area (Å²) in [5.41, 5.74) is 2.40. The first kappa shape index (κ1) is 13.2. The SMILES string of the molecule is O=C(NCCc1cccs1)C1CNc2ccccc2C1. The third-order valence-corrected chi connectivity index (χ3v) is 4.58. The van der Waals surface area contributed by atoms with Crippen LogP contribution in [0.4, 0.5) is 5.69 Å². The third kappa shape index (κ3) is 3.02. The van der Waals surface area contributed by atoms with Gasteiger partial charge in [-0.2, -0.15) is 0 Å². The molecule has 2 N–H and O–H groups in total. The molecule has 0 saturated heterocycles. The number of carbonyl (C=O) groups is 1. The van der Waals surface area contributed by atoms with Gasteiger partial charge in [-0.3, -0.25) is 4.79 Å². The molecule has 0 aliphatic carbocycles. The fraction of sp³-hybridized carbons (Fsp3) is 0.312. The summed E-state index contributed by atoms with van der Waals surface area (Å²) in [7, 11) is 0. The molecule has 0 bridgehead atoms. The second-order valence-electron chi connectivity index (χ2n) is 5.06. The van der Waals surface area contributed by atoms with Crippen LogP contribution in [0.1, 0.15) is 10.4 Å². The molecule has 1 atom stereocenters. The summed E-state index contributed by atoms with van der Waals surface area (Å²) in [4.78, 5) is 13.5. The van der Waals surface area contributed by atoms with Gasteiger partial charge in [-0.05, 0) is 35.9 Å². The zero-order chi connectivity index (χ0) is 13.8. The Labute approximate surface area is 123 Å². The molecule has 1 aromatic heterocycles. The fourth-order valence-corrected chi connectivity index (χ4v) is 3.24. The van der Waals surface area contributed by atoms with Crippen molar-refractivity contribution in [2.24, 2.45) is 5.92 Å². The molecule has 3 rings (SSSR count). The summed E-state index contributed by atoms with van der Waals surface area (Å²) >= 11 is 1.74. The minimum atomic E-state index is 0.0354. The lowest BCUT2D eigenvalue weighted by molar-refractivity contribution is -0.124. The van der Waals surface area contributed by atoms with E-state index < -0.39 is 0 Å². The Morgan fingerprint density at radius 2 is 2.20 bits per heavy atom. The number of anilines is 1. The molecule has 4 heteroatoms. The number of benzene rings is 1. The van der Waals surface area contributed by atoms with Gasteiger partial charge in [-0.25, -0.2) is 0 Å². The normalized spacial score (nSPS) is 17.1. The number of fused-ring (bicyclic) bond motifs is 1. The van der Waals surface area contributed by atoms with Crippen LogP contribution in [0.5, 0.6) is 0 Å². The number of carbonyl (C=O) groups excluding carboxylic acids is 1. The van der Waals surface area contributed by atoms with Crippen LogP contribution in [-0.4, -0.2) is 19.0 Å². The maximum Gasteiger partial charge on any atom is 0.225 e. The molecule has 1 amide bonds. The lowest BCUT2D eigenvalue weighted by atomic mass is 9.93. The molecule has 104 valence electrons. The minimum Gasteiger partial charge on any atom is -0.384 e. The number of amides is 1. The molecule has 1 aliphatic heterocycles. The van der Waals surface area contributed by atoms with Gasteiger partial charge in [0, 0.05) is 23.7 Å². The molecule has 0 fully saturated rings. The van der Waals surface area contributed by atoms with Crippen molar-refractivity contribution in [3.8, 4) is 0 Å². The van der Waals surface area contributed by atoms with Crippen molar-refractivity contribution in [1.82, 2.24) is 5.32 Å². The van der Waals surface area contributed by atoms with Gasteiger partial charge in [0.2, 0.25) is 5.91 Å². The number of thiophene rings is 1. The van der Waals surface area contributed by atoms with E-state index in [-0.39, 0.29) is 11.8 Å². The van der Waals surface area contributed by atoms with E-state index >= 15 is 0 Å². The Morgan fingerprint density at radius 1 is 1.30 bits per heavy atom. The molecule has 0 saturated carbocycles. The molecule has 20 heavy (non-hydrogen) atoms. The lowest BCUT2D eigenvalue weighted by Crippen LogP contribution is -2.38. The van der Waals surface area contributed by atoms with Crippen LogP contribution in [-0.2, 0) is 17.6 Å². The average Bonchev–Trinajstić information content (AvgIpc) is 3.00.